The Hall–Kier alpha value is -3.15. The van der Waals surface area contributed by atoms with Gasteiger partial charge in [-0.15, -0.1) is 0 Å². The highest BCUT2D eigenvalue weighted by atomic mass is 16.5. The number of hydrogen-bond acceptors (Lipinski definition) is 5. The first kappa shape index (κ1) is 14.4. The quantitative estimate of drug-likeness (QED) is 0.622. The van der Waals surface area contributed by atoms with Crippen molar-refractivity contribution in [1.29, 1.82) is 0 Å². The Bertz CT molecular complexity index is 987. The van der Waals surface area contributed by atoms with E-state index < -0.39 is 0 Å². The first-order chi connectivity index (χ1) is 11.7. The van der Waals surface area contributed by atoms with E-state index in [2.05, 4.69) is 15.6 Å². The van der Waals surface area contributed by atoms with Crippen molar-refractivity contribution in [3.05, 3.63) is 65.7 Å². The third kappa shape index (κ3) is 2.74. The van der Waals surface area contributed by atoms with Gasteiger partial charge in [0.05, 0.1) is 17.9 Å². The number of nitrogens with zero attached hydrogens (tertiary/aromatic N) is 4. The van der Waals surface area contributed by atoms with Crippen LogP contribution in [-0.4, -0.2) is 19.8 Å². The van der Waals surface area contributed by atoms with Crippen LogP contribution in [0.1, 0.15) is 17.1 Å². The zero-order valence-corrected chi connectivity index (χ0v) is 13.5. The van der Waals surface area contributed by atoms with Gasteiger partial charge in [0.1, 0.15) is 17.3 Å². The fourth-order valence-electron chi connectivity index (χ4n) is 2.65. The van der Waals surface area contributed by atoms with Gasteiger partial charge in [0.2, 0.25) is 0 Å². The fourth-order valence-corrected chi connectivity index (χ4v) is 2.65. The zero-order chi connectivity index (χ0) is 16.5. The van der Waals surface area contributed by atoms with E-state index in [1.807, 2.05) is 66.9 Å². The predicted molar refractivity (Wildman–Crippen MR) is 91.7 cm³/mol. The van der Waals surface area contributed by atoms with E-state index in [0.29, 0.717) is 6.54 Å². The molecule has 0 saturated heterocycles. The molecule has 0 amide bonds. The van der Waals surface area contributed by atoms with E-state index in [9.17, 15) is 0 Å². The molecule has 0 radical (unpaired) electrons. The molecule has 0 bridgehead atoms. The maximum Gasteiger partial charge on any atom is 0.158 e. The second-order valence-electron chi connectivity index (χ2n) is 5.73. The molecule has 0 atom stereocenters. The molecular weight excluding hydrogens is 302 g/mol. The van der Waals surface area contributed by atoms with E-state index in [4.69, 9.17) is 9.51 Å². The van der Waals surface area contributed by atoms with Crippen LogP contribution < -0.4 is 5.32 Å². The highest BCUT2D eigenvalue weighted by Gasteiger charge is 2.10. The van der Waals surface area contributed by atoms with Crippen LogP contribution in [0.4, 0.5) is 5.82 Å². The summed E-state index contributed by atoms with van der Waals surface area (Å²) >= 11 is 0. The molecule has 120 valence electrons. The van der Waals surface area contributed by atoms with Gasteiger partial charge >= 0.3 is 0 Å². The lowest BCUT2D eigenvalue weighted by molar-refractivity contribution is 0.391. The van der Waals surface area contributed by atoms with Gasteiger partial charge in [-0.2, -0.15) is 9.61 Å². The van der Waals surface area contributed by atoms with Crippen molar-refractivity contribution in [3.8, 4) is 11.3 Å². The van der Waals surface area contributed by atoms with Crippen LogP contribution in [-0.2, 0) is 6.54 Å². The number of aromatic nitrogens is 4. The second-order valence-corrected chi connectivity index (χ2v) is 5.73. The summed E-state index contributed by atoms with van der Waals surface area (Å²) in [5, 5.41) is 11.9. The van der Waals surface area contributed by atoms with Crippen LogP contribution >= 0.6 is 0 Å². The molecule has 0 saturated carbocycles. The lowest BCUT2D eigenvalue weighted by Crippen LogP contribution is -2.07. The minimum Gasteiger partial charge on any atom is -0.364 e. The molecule has 0 aliphatic carbocycles. The van der Waals surface area contributed by atoms with Crippen molar-refractivity contribution in [3.63, 3.8) is 0 Å². The van der Waals surface area contributed by atoms with E-state index in [-0.39, 0.29) is 0 Å². The molecule has 24 heavy (non-hydrogen) atoms. The fraction of sp³-hybridized carbons (Fsp3) is 0.167. The number of fused-ring (bicyclic) bond motifs is 1. The van der Waals surface area contributed by atoms with Crippen molar-refractivity contribution in [2.24, 2.45) is 0 Å². The summed E-state index contributed by atoms with van der Waals surface area (Å²) in [4.78, 5) is 4.71. The lowest BCUT2D eigenvalue weighted by atomic mass is 10.1. The molecule has 4 rings (SSSR count). The number of nitrogens with one attached hydrogen (secondary N) is 1. The van der Waals surface area contributed by atoms with Crippen molar-refractivity contribution < 1.29 is 4.52 Å². The summed E-state index contributed by atoms with van der Waals surface area (Å²) < 4.78 is 6.93. The van der Waals surface area contributed by atoms with E-state index >= 15 is 0 Å². The van der Waals surface area contributed by atoms with Crippen LogP contribution in [0, 0.1) is 13.8 Å². The number of rotatable bonds is 4. The van der Waals surface area contributed by atoms with Crippen LogP contribution in [0.15, 0.2) is 53.1 Å². The predicted octanol–water partition coefficient (Wildman–Crippen LogP) is 3.61. The van der Waals surface area contributed by atoms with Gasteiger partial charge in [-0.05, 0) is 13.8 Å². The molecule has 4 aromatic rings. The van der Waals surface area contributed by atoms with Crippen molar-refractivity contribution in [2.75, 3.05) is 5.32 Å². The van der Waals surface area contributed by atoms with Crippen molar-refractivity contribution in [2.45, 2.75) is 20.4 Å². The van der Waals surface area contributed by atoms with E-state index in [1.165, 1.54) is 0 Å². The third-order valence-corrected chi connectivity index (χ3v) is 3.75. The monoisotopic (exact) mass is 319 g/mol. The molecule has 3 heterocycles. The summed E-state index contributed by atoms with van der Waals surface area (Å²) in [6, 6.07) is 16.0. The molecule has 0 spiro atoms. The van der Waals surface area contributed by atoms with Crippen LogP contribution in [0.3, 0.4) is 0 Å². The topological polar surface area (TPSA) is 68.2 Å². The summed E-state index contributed by atoms with van der Waals surface area (Å²) in [6.07, 6.45) is 0. The average Bonchev–Trinajstić information content (AvgIpc) is 3.18. The number of anilines is 1. The highest BCUT2D eigenvalue weighted by Crippen LogP contribution is 2.23. The van der Waals surface area contributed by atoms with Crippen LogP contribution in [0.2, 0.25) is 0 Å². The number of hydrogen-bond donors (Lipinski definition) is 1. The molecule has 1 N–H and O–H groups in total. The largest absolute Gasteiger partial charge is 0.364 e. The van der Waals surface area contributed by atoms with Gasteiger partial charge in [0, 0.05) is 23.8 Å². The number of aryl methyl sites for hydroxylation is 2. The highest BCUT2D eigenvalue weighted by molar-refractivity contribution is 5.66. The molecule has 0 aliphatic heterocycles. The van der Waals surface area contributed by atoms with Crippen molar-refractivity contribution in [1.82, 2.24) is 19.8 Å². The molecule has 0 aliphatic rings. The molecular formula is C18H17N5O. The van der Waals surface area contributed by atoms with E-state index in [0.717, 1.165) is 39.9 Å². The second kappa shape index (κ2) is 5.81. The molecule has 6 nitrogen and oxygen atoms in total. The Morgan fingerprint density at radius 1 is 1.08 bits per heavy atom. The molecule has 0 unspecified atom stereocenters. The van der Waals surface area contributed by atoms with Gasteiger partial charge in [-0.3, -0.25) is 0 Å². The van der Waals surface area contributed by atoms with Gasteiger partial charge in [-0.1, -0.05) is 35.5 Å². The van der Waals surface area contributed by atoms with Gasteiger partial charge in [0.25, 0.3) is 0 Å². The van der Waals surface area contributed by atoms with Crippen molar-refractivity contribution >= 4 is 11.5 Å². The summed E-state index contributed by atoms with van der Waals surface area (Å²) in [6.45, 7) is 4.40. The smallest absolute Gasteiger partial charge is 0.158 e. The zero-order valence-electron chi connectivity index (χ0n) is 13.5. The summed E-state index contributed by atoms with van der Waals surface area (Å²) in [5.74, 6) is 1.67. The Balaban J connectivity index is 1.74. The standard InChI is InChI=1S/C18H17N5O/c1-12-8-18-20-16(14-6-4-3-5-7-14)10-17(23(18)21-12)19-11-15-9-13(2)24-22-15/h3-10,19H,11H2,1-2H3. The summed E-state index contributed by atoms with van der Waals surface area (Å²) in [7, 11) is 0. The van der Waals surface area contributed by atoms with Gasteiger partial charge in [0.15, 0.2) is 5.65 Å². The summed E-state index contributed by atoms with van der Waals surface area (Å²) in [5.41, 5.74) is 4.56. The molecule has 0 fully saturated rings. The normalized spacial score (nSPS) is 11.1. The Kier molecular flexibility index (Phi) is 3.49. The van der Waals surface area contributed by atoms with Gasteiger partial charge in [-0.25, -0.2) is 4.98 Å². The Labute approximate surface area is 139 Å². The minimum atomic E-state index is 0.559. The molecule has 6 heteroatoms. The third-order valence-electron chi connectivity index (χ3n) is 3.75. The SMILES string of the molecule is Cc1cc2nc(-c3ccccc3)cc(NCc3cc(C)on3)n2n1. The minimum absolute atomic E-state index is 0.559. The van der Waals surface area contributed by atoms with Crippen LogP contribution in [0.25, 0.3) is 16.9 Å². The lowest BCUT2D eigenvalue weighted by Gasteiger charge is -2.09. The first-order valence-electron chi connectivity index (χ1n) is 7.78. The maximum atomic E-state index is 5.11. The molecule has 3 aromatic heterocycles. The van der Waals surface area contributed by atoms with E-state index in [1.54, 1.807) is 0 Å². The first-order valence-corrected chi connectivity index (χ1v) is 7.78. The Morgan fingerprint density at radius 2 is 1.92 bits per heavy atom. The van der Waals surface area contributed by atoms with Crippen LogP contribution in [0.5, 0.6) is 0 Å². The average molecular weight is 319 g/mol. The van der Waals surface area contributed by atoms with Gasteiger partial charge < -0.3 is 9.84 Å². The molecule has 1 aromatic carbocycles. The number of benzene rings is 1. The maximum absolute atomic E-state index is 5.11. The Morgan fingerprint density at radius 3 is 2.67 bits per heavy atom.